The summed E-state index contributed by atoms with van der Waals surface area (Å²) in [5.74, 6) is -0.519. The van der Waals surface area contributed by atoms with Gasteiger partial charge in [-0.15, -0.1) is 0 Å². The number of nitrogens with zero attached hydrogens (tertiary/aromatic N) is 2. The van der Waals surface area contributed by atoms with Crippen LogP contribution >= 0.6 is 0 Å². The lowest BCUT2D eigenvalue weighted by atomic mass is 10.2. The number of nitro benzene ring substituents is 1. The van der Waals surface area contributed by atoms with Crippen molar-refractivity contribution in [3.63, 3.8) is 0 Å². The van der Waals surface area contributed by atoms with E-state index < -0.39 is 31.4 Å². The summed E-state index contributed by atoms with van der Waals surface area (Å²) in [6, 6.07) is 12.9. The van der Waals surface area contributed by atoms with Gasteiger partial charge in [-0.1, -0.05) is 12.1 Å². The molecule has 2 aromatic carbocycles. The Balaban J connectivity index is 1.57. The van der Waals surface area contributed by atoms with E-state index in [2.05, 4.69) is 15.3 Å². The summed E-state index contributed by atoms with van der Waals surface area (Å²) in [5.41, 5.74) is 0.267. The van der Waals surface area contributed by atoms with Crippen molar-refractivity contribution < 1.29 is 27.6 Å². The third-order valence-electron chi connectivity index (χ3n) is 5.06. The van der Waals surface area contributed by atoms with Crippen LogP contribution in [0.2, 0.25) is 0 Å². The maximum Gasteiger partial charge on any atom is 0.293 e. The molecule has 0 aliphatic heterocycles. The normalized spacial score (nSPS) is 11.2. The zero-order valence-corrected chi connectivity index (χ0v) is 19.7. The van der Waals surface area contributed by atoms with Gasteiger partial charge in [0.05, 0.1) is 28.2 Å². The van der Waals surface area contributed by atoms with Gasteiger partial charge in [0, 0.05) is 31.3 Å². The molecule has 0 bridgehead atoms. The predicted molar refractivity (Wildman–Crippen MR) is 131 cm³/mol. The summed E-state index contributed by atoms with van der Waals surface area (Å²) >= 11 is 0. The van der Waals surface area contributed by atoms with Crippen LogP contribution in [-0.2, 0) is 14.8 Å². The van der Waals surface area contributed by atoms with Gasteiger partial charge in [-0.3, -0.25) is 14.9 Å². The first-order chi connectivity index (χ1) is 17.3. The van der Waals surface area contributed by atoms with Crippen molar-refractivity contribution in [3.8, 4) is 11.5 Å². The Kier molecular flexibility index (Phi) is 7.12. The van der Waals surface area contributed by atoms with Crippen LogP contribution in [0.1, 0.15) is 10.4 Å². The Morgan fingerprint density at radius 3 is 2.75 bits per heavy atom. The van der Waals surface area contributed by atoms with Crippen LogP contribution in [0.4, 0.5) is 11.4 Å². The van der Waals surface area contributed by atoms with E-state index in [1.807, 2.05) is 4.72 Å². The number of sulfonamides is 1. The second-order valence-corrected chi connectivity index (χ2v) is 9.16. The van der Waals surface area contributed by atoms with Crippen LogP contribution in [0.5, 0.6) is 11.5 Å². The maximum atomic E-state index is 12.9. The number of nitrogens with one attached hydrogen (secondary N) is 3. The zero-order chi connectivity index (χ0) is 25.7. The molecule has 4 rings (SSSR count). The topological polar surface area (TPSA) is 166 Å². The summed E-state index contributed by atoms with van der Waals surface area (Å²) < 4.78 is 38.4. The fraction of sp³-hybridized carbons (Fsp3) is 0.130. The van der Waals surface area contributed by atoms with Crippen molar-refractivity contribution in [2.45, 2.75) is 4.90 Å². The monoisotopic (exact) mass is 511 g/mol. The molecule has 36 heavy (non-hydrogen) atoms. The summed E-state index contributed by atoms with van der Waals surface area (Å²) in [5, 5.41) is 15.1. The summed E-state index contributed by atoms with van der Waals surface area (Å²) in [6.45, 7) is 0.577. The van der Waals surface area contributed by atoms with Gasteiger partial charge >= 0.3 is 0 Å². The summed E-state index contributed by atoms with van der Waals surface area (Å²) in [7, 11) is -2.96. The van der Waals surface area contributed by atoms with Gasteiger partial charge in [-0.05, 0) is 36.4 Å². The number of aromatic amines is 1. The minimum absolute atomic E-state index is 0.0532. The quantitative estimate of drug-likeness (QED) is 0.164. The first kappa shape index (κ1) is 24.6. The van der Waals surface area contributed by atoms with E-state index >= 15 is 0 Å². The molecule has 0 aliphatic rings. The number of amides is 1. The highest BCUT2D eigenvalue weighted by Gasteiger charge is 2.25. The number of rotatable bonds is 10. The number of benzene rings is 2. The zero-order valence-electron chi connectivity index (χ0n) is 18.9. The standard InChI is InChI=1S/C23H21N5O7S/c1-34-11-10-24-19-7-6-17(13-20(19)28(30)31)36(32,33)27-23(29)18-4-2-3-5-21(18)35-16-12-15-8-9-25-22(15)26-14-16/h2-9,12-14,24H,10-11H2,1H3,(H,25,26)(H,27,29). The minimum Gasteiger partial charge on any atom is -0.455 e. The third kappa shape index (κ3) is 5.42. The number of H-pyrrole nitrogens is 1. The second kappa shape index (κ2) is 10.4. The average molecular weight is 512 g/mol. The van der Waals surface area contributed by atoms with Crippen LogP contribution in [0, 0.1) is 10.1 Å². The highest BCUT2D eigenvalue weighted by Crippen LogP contribution is 2.29. The Morgan fingerprint density at radius 1 is 1.17 bits per heavy atom. The lowest BCUT2D eigenvalue weighted by Crippen LogP contribution is -2.31. The highest BCUT2D eigenvalue weighted by atomic mass is 32.2. The number of carbonyl (C=O) groups is 1. The second-order valence-electron chi connectivity index (χ2n) is 7.48. The number of anilines is 1. The average Bonchev–Trinajstić information content (AvgIpc) is 3.32. The molecule has 0 fully saturated rings. The van der Waals surface area contributed by atoms with Crippen LogP contribution in [-0.4, -0.2) is 49.5 Å². The Morgan fingerprint density at radius 2 is 1.97 bits per heavy atom. The Bertz CT molecular complexity index is 1530. The first-order valence-electron chi connectivity index (χ1n) is 10.6. The van der Waals surface area contributed by atoms with E-state index in [-0.39, 0.29) is 23.5 Å². The number of pyridine rings is 1. The van der Waals surface area contributed by atoms with Gasteiger partial charge in [0.15, 0.2) is 0 Å². The lowest BCUT2D eigenvalue weighted by molar-refractivity contribution is -0.384. The molecule has 3 N–H and O–H groups in total. The molecule has 0 aliphatic carbocycles. The van der Waals surface area contributed by atoms with E-state index in [9.17, 15) is 23.3 Å². The highest BCUT2D eigenvalue weighted by molar-refractivity contribution is 7.90. The van der Waals surface area contributed by atoms with Gasteiger partial charge in [0.25, 0.3) is 21.6 Å². The summed E-state index contributed by atoms with van der Waals surface area (Å²) in [6.07, 6.45) is 3.19. The van der Waals surface area contributed by atoms with Crippen LogP contribution in [0.25, 0.3) is 11.0 Å². The fourth-order valence-corrected chi connectivity index (χ4v) is 4.33. The van der Waals surface area contributed by atoms with Gasteiger partial charge in [0.1, 0.15) is 22.8 Å². The molecule has 186 valence electrons. The molecule has 2 aromatic heterocycles. The van der Waals surface area contributed by atoms with Crippen molar-refractivity contribution in [2.24, 2.45) is 0 Å². The molecule has 4 aromatic rings. The first-order valence-corrected chi connectivity index (χ1v) is 12.1. The minimum atomic E-state index is -4.44. The number of hydrogen-bond donors (Lipinski definition) is 3. The number of ether oxygens (including phenoxy) is 2. The number of para-hydroxylation sites is 1. The van der Waals surface area contributed by atoms with E-state index in [0.717, 1.165) is 17.5 Å². The molecule has 0 spiro atoms. The van der Waals surface area contributed by atoms with Gasteiger partial charge in [0.2, 0.25) is 0 Å². The lowest BCUT2D eigenvalue weighted by Gasteiger charge is -2.12. The van der Waals surface area contributed by atoms with Crippen LogP contribution in [0.3, 0.4) is 0 Å². The van der Waals surface area contributed by atoms with Gasteiger partial charge in [-0.2, -0.15) is 0 Å². The molecule has 0 atom stereocenters. The number of aromatic nitrogens is 2. The molecule has 0 saturated carbocycles. The van der Waals surface area contributed by atoms with Crippen LogP contribution < -0.4 is 14.8 Å². The molecule has 2 heterocycles. The largest absolute Gasteiger partial charge is 0.455 e. The van der Waals surface area contributed by atoms with E-state index in [1.54, 1.807) is 30.5 Å². The van der Waals surface area contributed by atoms with E-state index in [1.165, 1.54) is 31.5 Å². The molecular formula is C23H21N5O7S. The summed E-state index contributed by atoms with van der Waals surface area (Å²) in [4.78, 5) is 30.4. The van der Waals surface area contributed by atoms with Gasteiger partial charge < -0.3 is 19.8 Å². The molecule has 0 unspecified atom stereocenters. The maximum absolute atomic E-state index is 12.9. The molecular weight excluding hydrogens is 490 g/mol. The predicted octanol–water partition coefficient (Wildman–Crippen LogP) is 3.44. The number of methoxy groups -OCH3 is 1. The van der Waals surface area contributed by atoms with Crippen molar-refractivity contribution in [3.05, 3.63) is 82.7 Å². The number of fused-ring (bicyclic) bond motifs is 1. The molecule has 12 nitrogen and oxygen atoms in total. The van der Waals surface area contributed by atoms with Crippen LogP contribution in [0.15, 0.2) is 71.9 Å². The number of nitro groups is 1. The van der Waals surface area contributed by atoms with Crippen molar-refractivity contribution in [1.29, 1.82) is 0 Å². The Labute approximate surface area is 205 Å². The molecule has 1 amide bonds. The van der Waals surface area contributed by atoms with Crippen molar-refractivity contribution in [2.75, 3.05) is 25.6 Å². The van der Waals surface area contributed by atoms with E-state index in [4.69, 9.17) is 9.47 Å². The molecule has 13 heteroatoms. The SMILES string of the molecule is COCCNc1ccc(S(=O)(=O)NC(=O)c2ccccc2Oc2cnc3[nH]ccc3c2)cc1[N+](=O)[O-]. The van der Waals surface area contributed by atoms with Gasteiger partial charge in [-0.25, -0.2) is 18.1 Å². The third-order valence-corrected chi connectivity index (χ3v) is 6.39. The molecule has 0 radical (unpaired) electrons. The molecule has 0 saturated heterocycles. The fourth-order valence-electron chi connectivity index (χ4n) is 3.35. The number of hydrogen-bond acceptors (Lipinski definition) is 9. The van der Waals surface area contributed by atoms with Crippen molar-refractivity contribution in [1.82, 2.24) is 14.7 Å². The van der Waals surface area contributed by atoms with E-state index in [0.29, 0.717) is 18.0 Å². The Hall–Kier alpha value is -4.49. The smallest absolute Gasteiger partial charge is 0.293 e. The number of carbonyl (C=O) groups excluding carboxylic acids is 1. The van der Waals surface area contributed by atoms with Crippen molar-refractivity contribution >= 4 is 38.3 Å².